The van der Waals surface area contributed by atoms with Crippen LogP contribution < -0.4 is 10.1 Å². The van der Waals surface area contributed by atoms with Gasteiger partial charge in [0.1, 0.15) is 18.2 Å². The van der Waals surface area contributed by atoms with Gasteiger partial charge in [0.25, 0.3) is 0 Å². The molecule has 1 heterocycles. The van der Waals surface area contributed by atoms with E-state index < -0.39 is 0 Å². The molecule has 1 saturated heterocycles. The molecule has 1 fully saturated rings. The van der Waals surface area contributed by atoms with Crippen molar-refractivity contribution in [3.8, 4) is 5.75 Å². The zero-order chi connectivity index (χ0) is 12.8. The zero-order valence-electron chi connectivity index (χ0n) is 10.3. The van der Waals surface area contributed by atoms with Crippen molar-refractivity contribution in [2.24, 2.45) is 0 Å². The predicted octanol–water partition coefficient (Wildman–Crippen LogP) is 2.26. The molecule has 100 valence electrons. The maximum Gasteiger partial charge on any atom is 0.128 e. The Hall–Kier alpha value is -0.650. The Balaban J connectivity index is 1.77. The molecule has 0 atom stereocenters. The molecule has 1 aliphatic heterocycles. The molecule has 0 amide bonds. The van der Waals surface area contributed by atoms with E-state index in [2.05, 4.69) is 26.1 Å². The van der Waals surface area contributed by atoms with E-state index in [1.807, 2.05) is 0 Å². The molecule has 18 heavy (non-hydrogen) atoms. The fourth-order valence-corrected chi connectivity index (χ4v) is 2.47. The van der Waals surface area contributed by atoms with E-state index in [-0.39, 0.29) is 5.82 Å². The van der Waals surface area contributed by atoms with Crippen LogP contribution in [-0.2, 0) is 0 Å². The Morgan fingerprint density at radius 2 is 2.17 bits per heavy atom. The maximum absolute atomic E-state index is 13.1. The largest absolute Gasteiger partial charge is 0.492 e. The number of ether oxygens (including phenoxy) is 1. The molecule has 1 N–H and O–H groups in total. The zero-order valence-corrected chi connectivity index (χ0v) is 11.9. The summed E-state index contributed by atoms with van der Waals surface area (Å²) in [7, 11) is 0. The van der Waals surface area contributed by atoms with Crippen LogP contribution in [-0.4, -0.2) is 44.2 Å². The smallest absolute Gasteiger partial charge is 0.128 e. The molecule has 0 saturated carbocycles. The number of benzene rings is 1. The standard InChI is InChI=1S/C13H18BrFN2O/c14-11-8-12(15)10-13(9-11)18-7-6-17-4-1-2-16-3-5-17/h8-10,16H,1-7H2. The van der Waals surface area contributed by atoms with Gasteiger partial charge in [-0.2, -0.15) is 0 Å². The summed E-state index contributed by atoms with van der Waals surface area (Å²) >= 11 is 3.25. The van der Waals surface area contributed by atoms with Crippen LogP contribution in [0.3, 0.4) is 0 Å². The summed E-state index contributed by atoms with van der Waals surface area (Å²) in [5.41, 5.74) is 0. The van der Waals surface area contributed by atoms with Crippen molar-refractivity contribution in [1.82, 2.24) is 10.2 Å². The predicted molar refractivity (Wildman–Crippen MR) is 73.5 cm³/mol. The van der Waals surface area contributed by atoms with Crippen LogP contribution in [0.4, 0.5) is 4.39 Å². The van der Waals surface area contributed by atoms with Crippen molar-refractivity contribution >= 4 is 15.9 Å². The molecule has 0 unspecified atom stereocenters. The third-order valence-corrected chi connectivity index (χ3v) is 3.40. The monoisotopic (exact) mass is 316 g/mol. The van der Waals surface area contributed by atoms with Gasteiger partial charge in [-0.1, -0.05) is 15.9 Å². The molecule has 0 aliphatic carbocycles. The molecule has 1 aliphatic rings. The molecule has 5 heteroatoms. The molecule has 0 radical (unpaired) electrons. The number of halogens is 2. The van der Waals surface area contributed by atoms with Crippen LogP contribution in [0, 0.1) is 5.82 Å². The Kier molecular flexibility index (Phi) is 5.41. The quantitative estimate of drug-likeness (QED) is 0.922. The molecule has 0 aromatic heterocycles. The Labute approximate surface area is 115 Å². The summed E-state index contributed by atoms with van der Waals surface area (Å²) in [6.45, 7) is 5.75. The Bertz CT molecular complexity index is 361. The van der Waals surface area contributed by atoms with Crippen molar-refractivity contribution < 1.29 is 9.13 Å². The van der Waals surface area contributed by atoms with Gasteiger partial charge in [0.15, 0.2) is 0 Å². The average molecular weight is 317 g/mol. The lowest BCUT2D eigenvalue weighted by molar-refractivity contribution is 0.217. The first-order chi connectivity index (χ1) is 8.74. The first-order valence-corrected chi connectivity index (χ1v) is 7.05. The van der Waals surface area contributed by atoms with Gasteiger partial charge in [-0.15, -0.1) is 0 Å². The van der Waals surface area contributed by atoms with E-state index >= 15 is 0 Å². The normalized spacial score (nSPS) is 17.4. The molecule has 0 bridgehead atoms. The number of hydrogen-bond acceptors (Lipinski definition) is 3. The van der Waals surface area contributed by atoms with Gasteiger partial charge in [-0.25, -0.2) is 4.39 Å². The fourth-order valence-electron chi connectivity index (χ4n) is 2.03. The van der Waals surface area contributed by atoms with Crippen LogP contribution in [0.25, 0.3) is 0 Å². The topological polar surface area (TPSA) is 24.5 Å². The number of hydrogen-bond donors (Lipinski definition) is 1. The average Bonchev–Trinajstić information content (AvgIpc) is 2.56. The summed E-state index contributed by atoms with van der Waals surface area (Å²) in [6, 6.07) is 4.62. The lowest BCUT2D eigenvalue weighted by Gasteiger charge is -2.19. The molecule has 2 rings (SSSR count). The van der Waals surface area contributed by atoms with Gasteiger partial charge in [-0.3, -0.25) is 4.90 Å². The van der Waals surface area contributed by atoms with E-state index in [4.69, 9.17) is 4.74 Å². The van der Waals surface area contributed by atoms with Crippen LogP contribution >= 0.6 is 15.9 Å². The molecule has 1 aromatic rings. The first kappa shape index (κ1) is 13.8. The van der Waals surface area contributed by atoms with E-state index in [0.29, 0.717) is 16.8 Å². The minimum atomic E-state index is -0.279. The van der Waals surface area contributed by atoms with Crippen LogP contribution in [0.1, 0.15) is 6.42 Å². The molecule has 1 aromatic carbocycles. The second-order valence-electron chi connectivity index (χ2n) is 4.40. The fraction of sp³-hybridized carbons (Fsp3) is 0.538. The SMILES string of the molecule is Fc1cc(Br)cc(OCCN2CCCNCC2)c1. The first-order valence-electron chi connectivity index (χ1n) is 6.26. The van der Waals surface area contributed by atoms with Crippen molar-refractivity contribution in [2.45, 2.75) is 6.42 Å². The van der Waals surface area contributed by atoms with Crippen molar-refractivity contribution in [3.63, 3.8) is 0 Å². The maximum atomic E-state index is 13.1. The third kappa shape index (κ3) is 4.55. The highest BCUT2D eigenvalue weighted by Crippen LogP contribution is 2.20. The number of nitrogens with one attached hydrogen (secondary N) is 1. The van der Waals surface area contributed by atoms with Crippen molar-refractivity contribution in [3.05, 3.63) is 28.5 Å². The van der Waals surface area contributed by atoms with Crippen LogP contribution in [0.5, 0.6) is 5.75 Å². The van der Waals surface area contributed by atoms with Crippen LogP contribution in [0.2, 0.25) is 0 Å². The number of rotatable bonds is 4. The summed E-state index contributed by atoms with van der Waals surface area (Å²) in [5, 5.41) is 3.36. The molecule has 0 spiro atoms. The third-order valence-electron chi connectivity index (χ3n) is 2.95. The van der Waals surface area contributed by atoms with E-state index in [1.165, 1.54) is 18.6 Å². The van der Waals surface area contributed by atoms with Gasteiger partial charge in [-0.05, 0) is 31.6 Å². The second kappa shape index (κ2) is 7.07. The van der Waals surface area contributed by atoms with Crippen LogP contribution in [0.15, 0.2) is 22.7 Å². The van der Waals surface area contributed by atoms with E-state index in [9.17, 15) is 4.39 Å². The summed E-state index contributed by atoms with van der Waals surface area (Å²) < 4.78 is 19.4. The number of nitrogens with zero attached hydrogens (tertiary/aromatic N) is 1. The lowest BCUT2D eigenvalue weighted by atomic mass is 10.3. The highest BCUT2D eigenvalue weighted by molar-refractivity contribution is 9.10. The lowest BCUT2D eigenvalue weighted by Crippen LogP contribution is -2.31. The minimum Gasteiger partial charge on any atom is -0.492 e. The summed E-state index contributed by atoms with van der Waals surface area (Å²) in [4.78, 5) is 2.37. The van der Waals surface area contributed by atoms with Gasteiger partial charge < -0.3 is 10.1 Å². The molecule has 3 nitrogen and oxygen atoms in total. The summed E-state index contributed by atoms with van der Waals surface area (Å²) in [5.74, 6) is 0.299. The highest BCUT2D eigenvalue weighted by Gasteiger charge is 2.08. The van der Waals surface area contributed by atoms with E-state index in [0.717, 1.165) is 32.7 Å². The minimum absolute atomic E-state index is 0.279. The van der Waals surface area contributed by atoms with Crippen molar-refractivity contribution in [2.75, 3.05) is 39.3 Å². The molecular formula is C13H18BrFN2O. The van der Waals surface area contributed by atoms with Gasteiger partial charge >= 0.3 is 0 Å². The van der Waals surface area contributed by atoms with E-state index in [1.54, 1.807) is 6.07 Å². The molecular weight excluding hydrogens is 299 g/mol. The summed E-state index contributed by atoms with van der Waals surface area (Å²) in [6.07, 6.45) is 1.17. The van der Waals surface area contributed by atoms with Gasteiger partial charge in [0, 0.05) is 30.2 Å². The Morgan fingerprint density at radius 3 is 3.00 bits per heavy atom. The second-order valence-corrected chi connectivity index (χ2v) is 5.31. The van der Waals surface area contributed by atoms with Gasteiger partial charge in [0.05, 0.1) is 0 Å². The Morgan fingerprint density at radius 1 is 1.28 bits per heavy atom. The van der Waals surface area contributed by atoms with Gasteiger partial charge in [0.2, 0.25) is 0 Å². The highest BCUT2D eigenvalue weighted by atomic mass is 79.9. The van der Waals surface area contributed by atoms with Crippen molar-refractivity contribution in [1.29, 1.82) is 0 Å².